The second-order valence-corrected chi connectivity index (χ2v) is 3.55. The fourth-order valence-corrected chi connectivity index (χ4v) is 1.45. The lowest BCUT2D eigenvalue weighted by atomic mass is 10.1. The maximum Gasteiger partial charge on any atom is 0.381 e. The summed E-state index contributed by atoms with van der Waals surface area (Å²) >= 11 is 5.75. The SMILES string of the molecule is CCOc1ccc(C(F)(F)C(=O)OC)cc1Cl. The van der Waals surface area contributed by atoms with E-state index in [0.29, 0.717) is 12.4 Å². The molecule has 1 aromatic rings. The molecule has 17 heavy (non-hydrogen) atoms. The molecule has 1 aromatic carbocycles. The number of ether oxygens (including phenoxy) is 2. The van der Waals surface area contributed by atoms with Crippen LogP contribution in [0.1, 0.15) is 12.5 Å². The van der Waals surface area contributed by atoms with Gasteiger partial charge in [0.05, 0.1) is 18.7 Å². The van der Waals surface area contributed by atoms with Crippen LogP contribution in [0.4, 0.5) is 8.78 Å². The van der Waals surface area contributed by atoms with Gasteiger partial charge in [-0.05, 0) is 25.1 Å². The van der Waals surface area contributed by atoms with Gasteiger partial charge in [0.2, 0.25) is 0 Å². The Labute approximate surface area is 102 Å². The average molecular weight is 265 g/mol. The molecule has 3 nitrogen and oxygen atoms in total. The highest BCUT2D eigenvalue weighted by Crippen LogP contribution is 2.34. The van der Waals surface area contributed by atoms with Crippen molar-refractivity contribution >= 4 is 17.6 Å². The van der Waals surface area contributed by atoms with Crippen LogP contribution in [0.2, 0.25) is 5.02 Å². The molecule has 0 saturated heterocycles. The smallest absolute Gasteiger partial charge is 0.381 e. The largest absolute Gasteiger partial charge is 0.492 e. The quantitative estimate of drug-likeness (QED) is 0.784. The number of hydrogen-bond donors (Lipinski definition) is 0. The van der Waals surface area contributed by atoms with Gasteiger partial charge in [-0.15, -0.1) is 0 Å². The maximum atomic E-state index is 13.5. The number of benzene rings is 1. The third kappa shape index (κ3) is 2.85. The first-order chi connectivity index (χ1) is 7.93. The summed E-state index contributed by atoms with van der Waals surface area (Å²) in [6, 6.07) is 3.36. The number of rotatable bonds is 4. The predicted molar refractivity (Wildman–Crippen MR) is 58.5 cm³/mol. The van der Waals surface area contributed by atoms with Crippen molar-refractivity contribution in [3.05, 3.63) is 28.8 Å². The van der Waals surface area contributed by atoms with E-state index in [0.717, 1.165) is 19.2 Å². The summed E-state index contributed by atoms with van der Waals surface area (Å²) < 4.78 is 36.1. The molecular formula is C11H11ClF2O3. The van der Waals surface area contributed by atoms with Crippen LogP contribution < -0.4 is 4.74 Å². The van der Waals surface area contributed by atoms with Crippen molar-refractivity contribution in [1.29, 1.82) is 0 Å². The Bertz CT molecular complexity index is 421. The first-order valence-corrected chi connectivity index (χ1v) is 5.20. The van der Waals surface area contributed by atoms with Crippen LogP contribution in [0.5, 0.6) is 5.75 Å². The van der Waals surface area contributed by atoms with E-state index in [9.17, 15) is 13.6 Å². The minimum atomic E-state index is -3.72. The highest BCUT2D eigenvalue weighted by atomic mass is 35.5. The van der Waals surface area contributed by atoms with Gasteiger partial charge in [0, 0.05) is 5.56 Å². The van der Waals surface area contributed by atoms with E-state index in [1.165, 1.54) is 6.07 Å². The van der Waals surface area contributed by atoms with E-state index in [4.69, 9.17) is 16.3 Å². The van der Waals surface area contributed by atoms with Crippen molar-refractivity contribution in [1.82, 2.24) is 0 Å². The molecule has 1 rings (SSSR count). The monoisotopic (exact) mass is 264 g/mol. The van der Waals surface area contributed by atoms with Gasteiger partial charge in [-0.3, -0.25) is 0 Å². The Morgan fingerprint density at radius 2 is 2.12 bits per heavy atom. The van der Waals surface area contributed by atoms with Gasteiger partial charge < -0.3 is 9.47 Å². The van der Waals surface area contributed by atoms with Crippen molar-refractivity contribution < 1.29 is 23.0 Å². The van der Waals surface area contributed by atoms with Crippen LogP contribution in [0, 0.1) is 0 Å². The van der Waals surface area contributed by atoms with Gasteiger partial charge >= 0.3 is 11.9 Å². The molecule has 6 heteroatoms. The van der Waals surface area contributed by atoms with Crippen molar-refractivity contribution in [3.63, 3.8) is 0 Å². The van der Waals surface area contributed by atoms with Crippen molar-refractivity contribution in [3.8, 4) is 5.75 Å². The minimum absolute atomic E-state index is 0.0212. The Kier molecular flexibility index (Phi) is 4.28. The standard InChI is InChI=1S/C11H11ClF2O3/c1-3-17-9-5-4-7(6-8(9)12)11(13,14)10(15)16-2/h4-6H,3H2,1-2H3. The summed E-state index contributed by atoms with van der Waals surface area (Å²) in [5, 5.41) is 0.0212. The molecule has 0 fully saturated rings. The summed E-state index contributed by atoms with van der Waals surface area (Å²) in [7, 11) is 0.895. The van der Waals surface area contributed by atoms with Crippen LogP contribution in [0.15, 0.2) is 18.2 Å². The molecule has 0 heterocycles. The molecule has 0 N–H and O–H groups in total. The van der Waals surface area contributed by atoms with Gasteiger partial charge in [0.25, 0.3) is 0 Å². The van der Waals surface area contributed by atoms with Crippen LogP contribution in [0.3, 0.4) is 0 Å². The summed E-state index contributed by atoms with van der Waals surface area (Å²) in [6.45, 7) is 2.11. The van der Waals surface area contributed by atoms with E-state index in [1.807, 2.05) is 0 Å². The van der Waals surface area contributed by atoms with E-state index < -0.39 is 17.5 Å². The van der Waals surface area contributed by atoms with Crippen molar-refractivity contribution in [2.75, 3.05) is 13.7 Å². The zero-order chi connectivity index (χ0) is 13.1. The zero-order valence-electron chi connectivity index (χ0n) is 9.30. The molecule has 0 aliphatic heterocycles. The third-order valence-corrected chi connectivity index (χ3v) is 2.33. The Morgan fingerprint density at radius 1 is 1.47 bits per heavy atom. The Morgan fingerprint density at radius 3 is 2.59 bits per heavy atom. The maximum absolute atomic E-state index is 13.5. The molecule has 0 spiro atoms. The third-order valence-electron chi connectivity index (χ3n) is 2.04. The number of halogens is 3. The zero-order valence-corrected chi connectivity index (χ0v) is 10.1. The van der Waals surface area contributed by atoms with Crippen LogP contribution >= 0.6 is 11.6 Å². The van der Waals surface area contributed by atoms with Crippen molar-refractivity contribution in [2.24, 2.45) is 0 Å². The number of hydrogen-bond acceptors (Lipinski definition) is 3. The molecule has 0 atom stereocenters. The Balaban J connectivity index is 3.08. The van der Waals surface area contributed by atoms with E-state index >= 15 is 0 Å². The summed E-state index contributed by atoms with van der Waals surface area (Å²) in [5.41, 5.74) is -0.530. The molecule has 0 amide bonds. The second kappa shape index (κ2) is 5.31. The molecule has 0 unspecified atom stereocenters. The highest BCUT2D eigenvalue weighted by Gasteiger charge is 2.42. The van der Waals surface area contributed by atoms with E-state index in [1.54, 1.807) is 6.92 Å². The van der Waals surface area contributed by atoms with Crippen LogP contribution in [-0.4, -0.2) is 19.7 Å². The number of alkyl halides is 2. The van der Waals surface area contributed by atoms with E-state index in [-0.39, 0.29) is 5.02 Å². The number of methoxy groups -OCH3 is 1. The van der Waals surface area contributed by atoms with Gasteiger partial charge in [0.15, 0.2) is 0 Å². The lowest BCUT2D eigenvalue weighted by Gasteiger charge is -2.15. The van der Waals surface area contributed by atoms with Crippen molar-refractivity contribution in [2.45, 2.75) is 12.8 Å². The number of esters is 1. The molecule has 0 saturated carbocycles. The first kappa shape index (κ1) is 13.7. The van der Waals surface area contributed by atoms with Gasteiger partial charge in [-0.25, -0.2) is 4.79 Å². The molecule has 0 radical (unpaired) electrons. The Hall–Kier alpha value is -1.36. The molecule has 0 aliphatic carbocycles. The first-order valence-electron chi connectivity index (χ1n) is 4.82. The van der Waals surface area contributed by atoms with Crippen LogP contribution in [-0.2, 0) is 15.5 Å². The molecule has 94 valence electrons. The molecule has 0 bridgehead atoms. The number of carbonyl (C=O) groups excluding carboxylic acids is 1. The van der Waals surface area contributed by atoms with Gasteiger partial charge in [-0.1, -0.05) is 11.6 Å². The summed E-state index contributed by atoms with van der Waals surface area (Å²) in [5.74, 6) is -5.06. The van der Waals surface area contributed by atoms with Gasteiger partial charge in [0.1, 0.15) is 5.75 Å². The summed E-state index contributed by atoms with van der Waals surface area (Å²) in [4.78, 5) is 10.9. The second-order valence-electron chi connectivity index (χ2n) is 3.14. The fourth-order valence-electron chi connectivity index (χ4n) is 1.21. The predicted octanol–water partition coefficient (Wildman–Crippen LogP) is 3.00. The lowest BCUT2D eigenvalue weighted by molar-refractivity contribution is -0.170. The minimum Gasteiger partial charge on any atom is -0.492 e. The topological polar surface area (TPSA) is 35.5 Å². The van der Waals surface area contributed by atoms with Crippen LogP contribution in [0.25, 0.3) is 0 Å². The number of carbonyl (C=O) groups is 1. The average Bonchev–Trinajstić information content (AvgIpc) is 2.30. The normalized spacial score (nSPS) is 11.1. The molecule has 0 aromatic heterocycles. The highest BCUT2D eigenvalue weighted by molar-refractivity contribution is 6.32. The molecule has 0 aliphatic rings. The fraction of sp³-hybridized carbons (Fsp3) is 0.364. The van der Waals surface area contributed by atoms with E-state index in [2.05, 4.69) is 4.74 Å². The lowest BCUT2D eigenvalue weighted by Crippen LogP contribution is -2.27. The summed E-state index contributed by atoms with van der Waals surface area (Å²) in [6.07, 6.45) is 0. The van der Waals surface area contributed by atoms with Gasteiger partial charge in [-0.2, -0.15) is 8.78 Å². The molecular weight excluding hydrogens is 254 g/mol.